The van der Waals surface area contributed by atoms with E-state index in [0.29, 0.717) is 13.1 Å². The fraction of sp³-hybridized carbons (Fsp3) is 0.500. The molecule has 1 aliphatic rings. The van der Waals surface area contributed by atoms with E-state index in [9.17, 15) is 9.59 Å². The summed E-state index contributed by atoms with van der Waals surface area (Å²) in [5.74, 6) is -0.398. The Morgan fingerprint density at radius 2 is 2.00 bits per heavy atom. The molecule has 0 unspecified atom stereocenters. The lowest BCUT2D eigenvalue weighted by Gasteiger charge is -2.44. The van der Waals surface area contributed by atoms with Crippen LogP contribution in [0, 0.1) is 0 Å². The lowest BCUT2D eigenvalue weighted by Crippen LogP contribution is -2.63. The number of hydrogen-bond donors (Lipinski definition) is 0. The third kappa shape index (κ3) is 2.40. The third-order valence-corrected chi connectivity index (χ3v) is 3.48. The van der Waals surface area contributed by atoms with Crippen LogP contribution < -0.4 is 0 Å². The summed E-state index contributed by atoms with van der Waals surface area (Å²) in [6.07, 6.45) is 2.64. The molecule has 2 heterocycles. The molecule has 0 aliphatic carbocycles. The summed E-state index contributed by atoms with van der Waals surface area (Å²) < 4.78 is 0. The van der Waals surface area contributed by atoms with Crippen molar-refractivity contribution in [3.8, 4) is 0 Å². The van der Waals surface area contributed by atoms with E-state index in [-0.39, 0.29) is 22.7 Å². The molecule has 1 aromatic rings. The van der Waals surface area contributed by atoms with Gasteiger partial charge in [-0.25, -0.2) is 9.97 Å². The van der Waals surface area contributed by atoms with Gasteiger partial charge in [0.15, 0.2) is 0 Å². The van der Waals surface area contributed by atoms with Crippen LogP contribution in [0.1, 0.15) is 24.3 Å². The van der Waals surface area contributed by atoms with E-state index in [1.807, 2.05) is 0 Å². The molecule has 2 amide bonds. The van der Waals surface area contributed by atoms with Gasteiger partial charge in [0, 0.05) is 20.1 Å². The molecule has 19 heavy (non-hydrogen) atoms. The first-order valence-electron chi connectivity index (χ1n) is 5.89. The highest BCUT2D eigenvalue weighted by Gasteiger charge is 2.43. The highest BCUT2D eigenvalue weighted by atomic mass is 35.5. The van der Waals surface area contributed by atoms with Gasteiger partial charge in [0.25, 0.3) is 5.91 Å². The maximum atomic E-state index is 12.4. The lowest BCUT2D eigenvalue weighted by atomic mass is 9.97. The average molecular weight is 283 g/mol. The van der Waals surface area contributed by atoms with Crippen LogP contribution >= 0.6 is 11.6 Å². The first kappa shape index (κ1) is 13.7. The second-order valence-corrected chi connectivity index (χ2v) is 5.35. The van der Waals surface area contributed by atoms with Crippen LogP contribution in [0.25, 0.3) is 0 Å². The highest BCUT2D eigenvalue weighted by Crippen LogP contribution is 2.23. The van der Waals surface area contributed by atoms with Gasteiger partial charge in [-0.3, -0.25) is 9.59 Å². The molecule has 0 bridgehead atoms. The molecule has 0 spiro atoms. The summed E-state index contributed by atoms with van der Waals surface area (Å²) in [5.41, 5.74) is -0.694. The minimum Gasteiger partial charge on any atom is -0.342 e. The Morgan fingerprint density at radius 1 is 1.32 bits per heavy atom. The Kier molecular flexibility index (Phi) is 3.45. The number of amides is 2. The van der Waals surface area contributed by atoms with Crippen LogP contribution in [0.15, 0.2) is 12.4 Å². The second-order valence-electron chi connectivity index (χ2n) is 4.97. The largest absolute Gasteiger partial charge is 0.342 e. The van der Waals surface area contributed by atoms with E-state index in [0.717, 1.165) is 0 Å². The number of rotatable bonds is 1. The minimum absolute atomic E-state index is 0.0889. The summed E-state index contributed by atoms with van der Waals surface area (Å²) in [5, 5.41) is 0.227. The number of nitrogens with zero attached hydrogens (tertiary/aromatic N) is 4. The van der Waals surface area contributed by atoms with Gasteiger partial charge in [-0.2, -0.15) is 0 Å². The standard InChI is InChI=1S/C12H15ClN4O2/c1-12(2)11(19)16(3)4-5-17(12)10(18)8-6-15-9(13)7-14-8/h6-7H,4-5H2,1-3H3. The molecule has 6 nitrogen and oxygen atoms in total. The van der Waals surface area contributed by atoms with E-state index >= 15 is 0 Å². The van der Waals surface area contributed by atoms with Gasteiger partial charge in [-0.15, -0.1) is 0 Å². The van der Waals surface area contributed by atoms with Gasteiger partial charge in [0.1, 0.15) is 16.4 Å². The van der Waals surface area contributed by atoms with Crippen molar-refractivity contribution in [1.82, 2.24) is 19.8 Å². The second kappa shape index (κ2) is 4.77. The Hall–Kier alpha value is -1.69. The van der Waals surface area contributed by atoms with Crippen molar-refractivity contribution < 1.29 is 9.59 Å². The third-order valence-electron chi connectivity index (χ3n) is 3.29. The van der Waals surface area contributed by atoms with Crippen LogP contribution in [-0.2, 0) is 4.79 Å². The SMILES string of the molecule is CN1CCN(C(=O)c2cnc(Cl)cn2)C(C)(C)C1=O. The maximum absolute atomic E-state index is 12.4. The van der Waals surface area contributed by atoms with Crippen LogP contribution in [0.4, 0.5) is 0 Å². The molecule has 0 N–H and O–H groups in total. The zero-order chi connectivity index (χ0) is 14.2. The van der Waals surface area contributed by atoms with Gasteiger partial charge >= 0.3 is 0 Å². The lowest BCUT2D eigenvalue weighted by molar-refractivity contribution is -0.144. The molecule has 0 radical (unpaired) electrons. The molecule has 1 fully saturated rings. The number of piperazine rings is 1. The van der Waals surface area contributed by atoms with E-state index in [4.69, 9.17) is 11.6 Å². The van der Waals surface area contributed by atoms with E-state index in [2.05, 4.69) is 9.97 Å². The molecule has 0 atom stereocenters. The number of carbonyl (C=O) groups is 2. The van der Waals surface area contributed by atoms with Crippen molar-refractivity contribution in [3.05, 3.63) is 23.2 Å². The average Bonchev–Trinajstić information content (AvgIpc) is 2.36. The number of aromatic nitrogens is 2. The van der Waals surface area contributed by atoms with Gasteiger partial charge in [-0.05, 0) is 13.8 Å². The fourth-order valence-electron chi connectivity index (χ4n) is 2.13. The molecule has 0 saturated carbocycles. The van der Waals surface area contributed by atoms with Gasteiger partial charge in [0.05, 0.1) is 12.4 Å². The number of carbonyl (C=O) groups excluding carboxylic acids is 2. The Morgan fingerprint density at radius 3 is 2.58 bits per heavy atom. The van der Waals surface area contributed by atoms with Crippen LogP contribution in [0.3, 0.4) is 0 Å². The number of hydrogen-bond acceptors (Lipinski definition) is 4. The summed E-state index contributed by atoms with van der Waals surface area (Å²) in [6.45, 7) is 4.44. The first-order valence-corrected chi connectivity index (χ1v) is 6.27. The van der Waals surface area contributed by atoms with Crippen LogP contribution in [-0.4, -0.2) is 57.3 Å². The predicted molar refractivity (Wildman–Crippen MR) is 69.8 cm³/mol. The minimum atomic E-state index is -0.884. The molecule has 1 aromatic heterocycles. The van der Waals surface area contributed by atoms with Gasteiger partial charge in [-0.1, -0.05) is 11.6 Å². The van der Waals surface area contributed by atoms with E-state index in [1.165, 1.54) is 17.3 Å². The molecule has 1 saturated heterocycles. The molecule has 0 aromatic carbocycles. The van der Waals surface area contributed by atoms with Gasteiger partial charge in [0.2, 0.25) is 5.91 Å². The van der Waals surface area contributed by atoms with E-state index < -0.39 is 5.54 Å². The Balaban J connectivity index is 2.28. The zero-order valence-electron chi connectivity index (χ0n) is 11.1. The Bertz CT molecular complexity index is 515. The van der Waals surface area contributed by atoms with Crippen molar-refractivity contribution in [1.29, 1.82) is 0 Å². The maximum Gasteiger partial charge on any atom is 0.274 e. The summed E-state index contributed by atoms with van der Waals surface area (Å²) in [6, 6.07) is 0. The van der Waals surface area contributed by atoms with Crippen LogP contribution in [0.2, 0.25) is 5.15 Å². The van der Waals surface area contributed by atoms with Crippen molar-refractivity contribution in [2.45, 2.75) is 19.4 Å². The molecular formula is C12H15ClN4O2. The zero-order valence-corrected chi connectivity index (χ0v) is 11.8. The molecule has 2 rings (SSSR count). The summed E-state index contributed by atoms with van der Waals surface area (Å²) in [4.78, 5) is 35.4. The first-order chi connectivity index (χ1) is 8.84. The molecule has 7 heteroatoms. The Labute approximate surface area is 116 Å². The molecular weight excluding hydrogens is 268 g/mol. The predicted octanol–water partition coefficient (Wildman–Crippen LogP) is 0.823. The number of halogens is 1. The van der Waals surface area contributed by atoms with Crippen molar-refractivity contribution in [3.63, 3.8) is 0 Å². The molecule has 102 valence electrons. The van der Waals surface area contributed by atoms with Crippen molar-refractivity contribution >= 4 is 23.4 Å². The fourth-order valence-corrected chi connectivity index (χ4v) is 2.23. The van der Waals surface area contributed by atoms with E-state index in [1.54, 1.807) is 25.8 Å². The summed E-state index contributed by atoms with van der Waals surface area (Å²) in [7, 11) is 1.73. The van der Waals surface area contributed by atoms with Gasteiger partial charge < -0.3 is 9.80 Å². The highest BCUT2D eigenvalue weighted by molar-refractivity contribution is 6.29. The normalized spacial score (nSPS) is 18.6. The summed E-state index contributed by atoms with van der Waals surface area (Å²) >= 11 is 5.64. The topological polar surface area (TPSA) is 66.4 Å². The molecule has 1 aliphatic heterocycles. The van der Waals surface area contributed by atoms with Crippen molar-refractivity contribution in [2.75, 3.05) is 20.1 Å². The monoisotopic (exact) mass is 282 g/mol. The number of likely N-dealkylation sites (N-methyl/N-ethyl adjacent to an activating group) is 1. The smallest absolute Gasteiger partial charge is 0.274 e. The quantitative estimate of drug-likeness (QED) is 0.765. The van der Waals surface area contributed by atoms with Crippen LogP contribution in [0.5, 0.6) is 0 Å². The van der Waals surface area contributed by atoms with Crippen molar-refractivity contribution in [2.24, 2.45) is 0 Å².